The SMILES string of the molecule is Cc1cc[c]([Al+][CH](C)C)cc1. The van der Waals surface area contributed by atoms with Crippen LogP contribution in [0.5, 0.6) is 0 Å². The van der Waals surface area contributed by atoms with E-state index >= 15 is 0 Å². The second-order valence-electron chi connectivity index (χ2n) is 3.32. The third kappa shape index (κ3) is 3.10. The van der Waals surface area contributed by atoms with Gasteiger partial charge in [-0.1, -0.05) is 0 Å². The predicted molar refractivity (Wildman–Crippen MR) is 51.7 cm³/mol. The topological polar surface area (TPSA) is 0 Å². The average Bonchev–Trinajstić information content (AvgIpc) is 1.93. The van der Waals surface area contributed by atoms with Gasteiger partial charge in [0.05, 0.1) is 0 Å². The average molecular weight is 161 g/mol. The van der Waals surface area contributed by atoms with Crippen molar-refractivity contribution in [2.24, 2.45) is 0 Å². The summed E-state index contributed by atoms with van der Waals surface area (Å²) in [6, 6.07) is 8.91. The summed E-state index contributed by atoms with van der Waals surface area (Å²) in [6.45, 7) is 6.71. The fraction of sp³-hybridized carbons (Fsp3) is 0.400. The van der Waals surface area contributed by atoms with E-state index in [0.29, 0.717) is 15.2 Å². The number of hydrogen-bond acceptors (Lipinski definition) is 0. The summed E-state index contributed by atoms with van der Waals surface area (Å²) in [6.07, 6.45) is 0. The van der Waals surface area contributed by atoms with Gasteiger partial charge in [-0.3, -0.25) is 0 Å². The van der Waals surface area contributed by atoms with Gasteiger partial charge in [0.15, 0.2) is 0 Å². The van der Waals surface area contributed by atoms with Crippen LogP contribution in [-0.2, 0) is 0 Å². The molecule has 0 aliphatic rings. The quantitative estimate of drug-likeness (QED) is 0.583. The van der Waals surface area contributed by atoms with Gasteiger partial charge in [-0.05, 0) is 0 Å². The van der Waals surface area contributed by atoms with Crippen LogP contribution in [0.15, 0.2) is 24.3 Å². The van der Waals surface area contributed by atoms with Crippen molar-refractivity contribution in [3.8, 4) is 0 Å². The van der Waals surface area contributed by atoms with Crippen LogP contribution in [0.2, 0.25) is 4.78 Å². The van der Waals surface area contributed by atoms with Crippen LogP contribution in [0, 0.1) is 6.92 Å². The Balaban J connectivity index is 2.66. The van der Waals surface area contributed by atoms with Crippen molar-refractivity contribution in [1.29, 1.82) is 0 Å². The maximum absolute atomic E-state index is 2.29. The van der Waals surface area contributed by atoms with Gasteiger partial charge in [0.25, 0.3) is 0 Å². The molecule has 0 saturated heterocycles. The van der Waals surface area contributed by atoms with Crippen LogP contribution in [-0.4, -0.2) is 15.2 Å². The summed E-state index contributed by atoms with van der Waals surface area (Å²) >= 11 is 0.482. The molecule has 0 radical (unpaired) electrons. The van der Waals surface area contributed by atoms with Gasteiger partial charge in [-0.2, -0.15) is 0 Å². The first-order valence-electron chi connectivity index (χ1n) is 4.10. The Hall–Kier alpha value is -0.248. The van der Waals surface area contributed by atoms with Crippen LogP contribution in [0.4, 0.5) is 0 Å². The van der Waals surface area contributed by atoms with E-state index in [9.17, 15) is 0 Å². The number of aryl methyl sites for hydroxylation is 1. The number of benzene rings is 1. The zero-order valence-corrected chi connectivity index (χ0v) is 8.62. The molecular weight excluding hydrogens is 147 g/mol. The molecule has 0 nitrogen and oxygen atoms in total. The van der Waals surface area contributed by atoms with Crippen molar-refractivity contribution < 1.29 is 0 Å². The van der Waals surface area contributed by atoms with E-state index < -0.39 is 0 Å². The fourth-order valence-electron chi connectivity index (χ4n) is 1.06. The molecule has 1 heteroatoms. The van der Waals surface area contributed by atoms with E-state index in [4.69, 9.17) is 0 Å². The molecule has 1 aromatic rings. The Bertz CT molecular complexity index is 211. The van der Waals surface area contributed by atoms with Crippen molar-refractivity contribution in [3.63, 3.8) is 0 Å². The van der Waals surface area contributed by atoms with Crippen molar-refractivity contribution in [2.45, 2.75) is 25.6 Å². The van der Waals surface area contributed by atoms with Crippen molar-refractivity contribution in [3.05, 3.63) is 29.8 Å². The first kappa shape index (κ1) is 8.85. The minimum atomic E-state index is 0.482. The van der Waals surface area contributed by atoms with Crippen LogP contribution in [0.25, 0.3) is 0 Å². The molecule has 56 valence electrons. The number of hydrogen-bond donors (Lipinski definition) is 0. The first-order chi connectivity index (χ1) is 5.18. The van der Waals surface area contributed by atoms with Gasteiger partial charge in [-0.25, -0.2) is 0 Å². The zero-order chi connectivity index (χ0) is 8.27. The Morgan fingerprint density at radius 2 is 1.64 bits per heavy atom. The normalized spacial score (nSPS) is 9.82. The molecule has 0 aromatic heterocycles. The molecule has 0 unspecified atom stereocenters. The molecule has 0 N–H and O–H groups in total. The Kier molecular flexibility index (Phi) is 3.18. The molecule has 0 aliphatic carbocycles. The summed E-state index contributed by atoms with van der Waals surface area (Å²) in [5.74, 6) is 0. The van der Waals surface area contributed by atoms with Crippen LogP contribution in [0.3, 0.4) is 0 Å². The van der Waals surface area contributed by atoms with E-state index in [1.54, 1.807) is 0 Å². The molecule has 0 spiro atoms. The molecule has 0 fully saturated rings. The molecule has 0 saturated carbocycles. The van der Waals surface area contributed by atoms with Crippen LogP contribution in [0.1, 0.15) is 19.4 Å². The molecule has 11 heavy (non-hydrogen) atoms. The van der Waals surface area contributed by atoms with Crippen molar-refractivity contribution in [1.82, 2.24) is 0 Å². The molecule has 0 heterocycles. The van der Waals surface area contributed by atoms with Crippen molar-refractivity contribution in [2.75, 3.05) is 0 Å². The first-order valence-corrected chi connectivity index (χ1v) is 5.34. The molecule has 0 atom stereocenters. The number of rotatable bonds is 2. The van der Waals surface area contributed by atoms with Crippen molar-refractivity contribution >= 4 is 19.6 Å². The third-order valence-electron chi connectivity index (χ3n) is 1.60. The van der Waals surface area contributed by atoms with E-state index in [1.165, 1.54) is 9.99 Å². The predicted octanol–water partition coefficient (Wildman–Crippen LogP) is 2.15. The summed E-state index contributed by atoms with van der Waals surface area (Å²) in [5, 5.41) is 0. The third-order valence-corrected chi connectivity index (χ3v) is 3.04. The summed E-state index contributed by atoms with van der Waals surface area (Å²) in [7, 11) is 0. The summed E-state index contributed by atoms with van der Waals surface area (Å²) < 4.78 is 2.38. The summed E-state index contributed by atoms with van der Waals surface area (Å²) in [4.78, 5) is 0. The van der Waals surface area contributed by atoms with Gasteiger partial charge in [0.1, 0.15) is 0 Å². The van der Waals surface area contributed by atoms with E-state index in [1.807, 2.05) is 0 Å². The fourth-order valence-corrected chi connectivity index (χ4v) is 2.25. The minimum absolute atomic E-state index is 0.482. The molecule has 1 aromatic carbocycles. The van der Waals surface area contributed by atoms with Crippen LogP contribution >= 0.6 is 0 Å². The molecule has 0 aliphatic heterocycles. The molecule has 0 amide bonds. The molecule has 0 bridgehead atoms. The maximum atomic E-state index is 2.29. The van der Waals surface area contributed by atoms with E-state index in [0.717, 1.165) is 4.78 Å². The summed E-state index contributed by atoms with van der Waals surface area (Å²) in [5.41, 5.74) is 1.36. The van der Waals surface area contributed by atoms with Gasteiger partial charge in [0.2, 0.25) is 0 Å². The standard InChI is InChI=1S/C7H7.C3H7.Al/c1-7-5-3-2-4-6-7;1-3-2;/h3-6H,1H3;3H,1-2H3;/q;;+1. The Morgan fingerprint density at radius 3 is 2.09 bits per heavy atom. The Morgan fingerprint density at radius 1 is 1.09 bits per heavy atom. The Labute approximate surface area is 75.3 Å². The molecule has 1 rings (SSSR count). The molecular formula is C10H14Al+. The van der Waals surface area contributed by atoms with Crippen LogP contribution < -0.4 is 4.43 Å². The second kappa shape index (κ2) is 3.95. The second-order valence-corrected chi connectivity index (χ2v) is 5.65. The van der Waals surface area contributed by atoms with Gasteiger partial charge in [0, 0.05) is 0 Å². The van der Waals surface area contributed by atoms with Gasteiger partial charge in [-0.15, -0.1) is 0 Å². The monoisotopic (exact) mass is 161 g/mol. The van der Waals surface area contributed by atoms with Gasteiger partial charge >= 0.3 is 75.0 Å². The van der Waals surface area contributed by atoms with E-state index in [-0.39, 0.29) is 0 Å². The van der Waals surface area contributed by atoms with E-state index in [2.05, 4.69) is 45.0 Å². The zero-order valence-electron chi connectivity index (χ0n) is 7.46. The van der Waals surface area contributed by atoms with Gasteiger partial charge < -0.3 is 0 Å².